The zero-order valence-corrected chi connectivity index (χ0v) is 5.20. The summed E-state index contributed by atoms with van der Waals surface area (Å²) in [5, 5.41) is 0. The average Bonchev–Trinajstić information content (AvgIpc) is 2.15. The third kappa shape index (κ3) is 6.54. The molecular formula is C4H8N2O4. The molecule has 0 aromatic heterocycles. The van der Waals surface area contributed by atoms with Crippen LogP contribution in [0, 0.1) is 0 Å². The lowest BCUT2D eigenvalue weighted by atomic mass is 10.8. The Kier molecular flexibility index (Phi) is 3.78. The number of rotatable bonds is 0. The number of cyclic esters (lactones) is 2. The molecule has 58 valence electrons. The summed E-state index contributed by atoms with van der Waals surface area (Å²) >= 11 is 0. The van der Waals surface area contributed by atoms with Crippen LogP contribution >= 0.6 is 0 Å². The van der Waals surface area contributed by atoms with Gasteiger partial charge in [0, 0.05) is 0 Å². The molecule has 2 amide bonds. The molecule has 6 heteroatoms. The molecule has 1 fully saturated rings. The van der Waals surface area contributed by atoms with Gasteiger partial charge in [-0.1, -0.05) is 0 Å². The van der Waals surface area contributed by atoms with Crippen molar-refractivity contribution in [2.75, 3.05) is 13.2 Å². The van der Waals surface area contributed by atoms with E-state index >= 15 is 0 Å². The number of hydrogen-bond acceptors (Lipinski definition) is 4. The number of ether oxygens (including phenoxy) is 2. The highest BCUT2D eigenvalue weighted by molar-refractivity contribution is 5.69. The van der Waals surface area contributed by atoms with Gasteiger partial charge in [-0.15, -0.1) is 0 Å². The van der Waals surface area contributed by atoms with Crippen LogP contribution in [0.1, 0.15) is 0 Å². The number of amides is 2. The van der Waals surface area contributed by atoms with E-state index in [2.05, 4.69) is 20.9 Å². The number of hydrogen-bond donors (Lipinski definition) is 2. The van der Waals surface area contributed by atoms with E-state index in [4.69, 9.17) is 4.79 Å². The minimum atomic E-state index is -0.833. The van der Waals surface area contributed by atoms with Crippen molar-refractivity contribution in [3.05, 3.63) is 0 Å². The Morgan fingerprint density at radius 2 is 1.60 bits per heavy atom. The third-order valence-corrected chi connectivity index (χ3v) is 0.523. The van der Waals surface area contributed by atoms with E-state index in [1.807, 2.05) is 0 Å². The second-order valence-corrected chi connectivity index (χ2v) is 1.35. The van der Waals surface area contributed by atoms with Crippen molar-refractivity contribution >= 4 is 12.2 Å². The maximum Gasteiger partial charge on any atom is 0.508 e. The van der Waals surface area contributed by atoms with Gasteiger partial charge in [0.2, 0.25) is 0 Å². The minimum absolute atomic E-state index is 0.416. The summed E-state index contributed by atoms with van der Waals surface area (Å²) in [6.07, 6.45) is -0.546. The summed E-state index contributed by atoms with van der Waals surface area (Å²) in [5.41, 5.74) is 8.50. The van der Waals surface area contributed by atoms with Gasteiger partial charge in [0.1, 0.15) is 13.2 Å². The molecule has 0 spiro atoms. The van der Waals surface area contributed by atoms with Gasteiger partial charge in [0.05, 0.1) is 0 Å². The van der Waals surface area contributed by atoms with Crippen molar-refractivity contribution in [2.24, 2.45) is 11.5 Å². The van der Waals surface area contributed by atoms with E-state index in [9.17, 15) is 4.79 Å². The standard InChI is InChI=1S/C3H4O3.CH4N2O/c4-3-5-1-2-6-3;2-1(3)4/h1-2H2;(H4,2,3,4). The Hall–Kier alpha value is -1.46. The van der Waals surface area contributed by atoms with E-state index < -0.39 is 12.2 Å². The molecule has 10 heavy (non-hydrogen) atoms. The molecule has 4 N–H and O–H groups in total. The van der Waals surface area contributed by atoms with Crippen molar-refractivity contribution in [2.45, 2.75) is 0 Å². The number of nitrogens with two attached hydrogens (primary N) is 2. The summed E-state index contributed by atoms with van der Waals surface area (Å²) in [6, 6.07) is -0.833. The van der Waals surface area contributed by atoms with E-state index in [0.717, 1.165) is 0 Å². The van der Waals surface area contributed by atoms with Crippen LogP contribution in [0.5, 0.6) is 0 Å². The summed E-state index contributed by atoms with van der Waals surface area (Å²) in [4.78, 5) is 18.8. The number of primary amides is 2. The van der Waals surface area contributed by atoms with Gasteiger partial charge >= 0.3 is 12.2 Å². The van der Waals surface area contributed by atoms with Crippen LogP contribution in [-0.4, -0.2) is 25.4 Å². The van der Waals surface area contributed by atoms with Crippen LogP contribution in [0.2, 0.25) is 0 Å². The van der Waals surface area contributed by atoms with E-state index in [1.54, 1.807) is 0 Å². The predicted octanol–water partition coefficient (Wildman–Crippen LogP) is -0.823. The first-order valence-corrected chi connectivity index (χ1v) is 2.47. The fourth-order valence-electron chi connectivity index (χ4n) is 0.292. The molecule has 6 nitrogen and oxygen atoms in total. The predicted molar refractivity (Wildman–Crippen MR) is 31.1 cm³/mol. The molecule has 1 saturated heterocycles. The summed E-state index contributed by atoms with van der Waals surface area (Å²) in [6.45, 7) is 0.831. The van der Waals surface area contributed by atoms with Crippen LogP contribution in [0.4, 0.5) is 9.59 Å². The quantitative estimate of drug-likeness (QED) is 0.437. The Balaban J connectivity index is 0.000000180. The van der Waals surface area contributed by atoms with Crippen molar-refractivity contribution in [1.29, 1.82) is 0 Å². The van der Waals surface area contributed by atoms with Crippen LogP contribution in [-0.2, 0) is 9.47 Å². The van der Waals surface area contributed by atoms with Gasteiger partial charge in [-0.25, -0.2) is 9.59 Å². The van der Waals surface area contributed by atoms with Crippen LogP contribution in [0.15, 0.2) is 0 Å². The maximum atomic E-state index is 9.80. The normalized spacial score (nSPS) is 14.2. The monoisotopic (exact) mass is 148 g/mol. The lowest BCUT2D eigenvalue weighted by Gasteiger charge is -1.78. The first-order valence-electron chi connectivity index (χ1n) is 2.47. The Morgan fingerprint density at radius 1 is 1.30 bits per heavy atom. The molecule has 0 aliphatic carbocycles. The van der Waals surface area contributed by atoms with Crippen LogP contribution in [0.25, 0.3) is 0 Å². The van der Waals surface area contributed by atoms with Gasteiger partial charge in [-0.3, -0.25) is 0 Å². The molecule has 0 radical (unpaired) electrons. The van der Waals surface area contributed by atoms with Crippen molar-refractivity contribution in [3.8, 4) is 0 Å². The topological polar surface area (TPSA) is 105 Å². The lowest BCUT2D eigenvalue weighted by molar-refractivity contribution is 0.131. The number of carbonyl (C=O) groups excluding carboxylic acids is 2. The SMILES string of the molecule is NC(N)=O.O=C1OCCO1. The van der Waals surface area contributed by atoms with Gasteiger partial charge in [-0.05, 0) is 0 Å². The van der Waals surface area contributed by atoms with Crippen LogP contribution < -0.4 is 11.5 Å². The van der Waals surface area contributed by atoms with Crippen molar-refractivity contribution in [1.82, 2.24) is 0 Å². The van der Waals surface area contributed by atoms with E-state index in [1.165, 1.54) is 0 Å². The molecule has 0 unspecified atom stereocenters. The summed E-state index contributed by atoms with van der Waals surface area (Å²) in [7, 11) is 0. The molecule has 0 aromatic rings. The van der Waals surface area contributed by atoms with Crippen LogP contribution in [0.3, 0.4) is 0 Å². The number of urea groups is 1. The Labute approximate surface area is 57.1 Å². The molecule has 0 saturated carbocycles. The molecule has 0 bridgehead atoms. The fourth-order valence-corrected chi connectivity index (χ4v) is 0.292. The van der Waals surface area contributed by atoms with E-state index in [-0.39, 0.29) is 0 Å². The average molecular weight is 148 g/mol. The molecule has 0 atom stereocenters. The minimum Gasteiger partial charge on any atom is -0.431 e. The highest BCUT2D eigenvalue weighted by atomic mass is 16.8. The molecule has 1 aliphatic heterocycles. The Bertz CT molecular complexity index is 123. The first-order chi connectivity index (χ1) is 4.63. The fraction of sp³-hybridized carbons (Fsp3) is 0.500. The third-order valence-electron chi connectivity index (χ3n) is 0.523. The molecule has 0 aromatic carbocycles. The van der Waals surface area contributed by atoms with Gasteiger partial charge in [0.15, 0.2) is 0 Å². The maximum absolute atomic E-state index is 9.80. The smallest absolute Gasteiger partial charge is 0.431 e. The van der Waals surface area contributed by atoms with Gasteiger partial charge < -0.3 is 20.9 Å². The molecule has 1 rings (SSSR count). The summed E-state index contributed by atoms with van der Waals surface area (Å²) < 4.78 is 8.58. The van der Waals surface area contributed by atoms with Crippen molar-refractivity contribution < 1.29 is 19.1 Å². The Morgan fingerprint density at radius 3 is 1.70 bits per heavy atom. The lowest BCUT2D eigenvalue weighted by Crippen LogP contribution is -2.18. The molecule has 1 aliphatic rings. The van der Waals surface area contributed by atoms with Gasteiger partial charge in [0.25, 0.3) is 0 Å². The number of carbonyl (C=O) groups is 2. The zero-order valence-electron chi connectivity index (χ0n) is 5.20. The molecule has 1 heterocycles. The second-order valence-electron chi connectivity index (χ2n) is 1.35. The van der Waals surface area contributed by atoms with Gasteiger partial charge in [-0.2, -0.15) is 0 Å². The second kappa shape index (κ2) is 4.42. The van der Waals surface area contributed by atoms with Crippen molar-refractivity contribution in [3.63, 3.8) is 0 Å². The first kappa shape index (κ1) is 8.54. The highest BCUT2D eigenvalue weighted by Gasteiger charge is 2.09. The molecular weight excluding hydrogens is 140 g/mol. The largest absolute Gasteiger partial charge is 0.508 e. The van der Waals surface area contributed by atoms with E-state index in [0.29, 0.717) is 13.2 Å². The highest BCUT2D eigenvalue weighted by Crippen LogP contribution is 1.92. The zero-order chi connectivity index (χ0) is 7.98. The summed E-state index contributed by atoms with van der Waals surface area (Å²) in [5.74, 6) is 0.